The first kappa shape index (κ1) is 20.3. The predicted molar refractivity (Wildman–Crippen MR) is 123 cm³/mol. The molecule has 0 radical (unpaired) electrons. The van der Waals surface area contributed by atoms with Crippen molar-refractivity contribution >= 4 is 27.8 Å². The largest absolute Gasteiger partial charge is 0.504 e. The van der Waals surface area contributed by atoms with E-state index < -0.39 is 17.7 Å². The number of halogens is 2. The van der Waals surface area contributed by atoms with E-state index in [9.17, 15) is 13.9 Å². The van der Waals surface area contributed by atoms with E-state index in [2.05, 4.69) is 20.3 Å². The summed E-state index contributed by atoms with van der Waals surface area (Å²) in [4.78, 5) is 11.6. The molecule has 1 aromatic carbocycles. The second-order valence-corrected chi connectivity index (χ2v) is 9.10. The molecule has 0 spiro atoms. The first-order valence-corrected chi connectivity index (χ1v) is 11.2. The number of phenolic OH excluding ortho intramolecular Hbond substituents is 1. The van der Waals surface area contributed by atoms with Crippen LogP contribution < -0.4 is 10.2 Å². The summed E-state index contributed by atoms with van der Waals surface area (Å²) in [6.07, 6.45) is 3.29. The first-order chi connectivity index (χ1) is 15.9. The van der Waals surface area contributed by atoms with Gasteiger partial charge in [0.2, 0.25) is 0 Å². The number of rotatable bonds is 4. The molecule has 1 aliphatic heterocycles. The third kappa shape index (κ3) is 3.56. The minimum absolute atomic E-state index is 0.131. The van der Waals surface area contributed by atoms with E-state index in [1.165, 1.54) is 4.68 Å². The number of nitrogens with one attached hydrogen (secondary N) is 1. The second-order valence-electron chi connectivity index (χ2n) is 9.10. The molecule has 6 rings (SSSR count). The fourth-order valence-electron chi connectivity index (χ4n) is 4.88. The lowest BCUT2D eigenvalue weighted by molar-refractivity contribution is 0.148. The predicted octanol–water partition coefficient (Wildman–Crippen LogP) is 3.70. The third-order valence-corrected chi connectivity index (χ3v) is 6.70. The van der Waals surface area contributed by atoms with Gasteiger partial charge in [-0.25, -0.2) is 18.7 Å². The SMILES string of the molecule is Cn1cc2cc(-c3ccc4nc(N5CC[C@@H](N[C@H]6C[C@@H](F)C6)C5)ccc4n3)c(O)c(F)c2n1. The number of fused-ring (bicyclic) bond motifs is 2. The summed E-state index contributed by atoms with van der Waals surface area (Å²) in [5.41, 5.74) is 2.32. The molecule has 2 N–H and O–H groups in total. The van der Waals surface area contributed by atoms with Crippen LogP contribution in [0.1, 0.15) is 19.3 Å². The fourth-order valence-corrected chi connectivity index (χ4v) is 4.88. The van der Waals surface area contributed by atoms with Crippen LogP contribution in [0.3, 0.4) is 0 Å². The van der Waals surface area contributed by atoms with Crippen LogP contribution in [0.15, 0.2) is 36.5 Å². The van der Waals surface area contributed by atoms with Gasteiger partial charge in [-0.15, -0.1) is 0 Å². The van der Waals surface area contributed by atoms with Gasteiger partial charge in [0.05, 0.1) is 16.7 Å². The Morgan fingerprint density at radius 2 is 1.88 bits per heavy atom. The Bertz CT molecular complexity index is 1370. The van der Waals surface area contributed by atoms with Crippen molar-refractivity contribution in [3.63, 3.8) is 0 Å². The van der Waals surface area contributed by atoms with E-state index in [4.69, 9.17) is 4.98 Å². The van der Waals surface area contributed by atoms with Crippen molar-refractivity contribution < 1.29 is 13.9 Å². The number of anilines is 1. The molecule has 1 atom stereocenters. The van der Waals surface area contributed by atoms with Gasteiger partial charge in [0.1, 0.15) is 17.5 Å². The van der Waals surface area contributed by atoms with Crippen molar-refractivity contribution in [3.8, 4) is 17.0 Å². The zero-order valence-electron chi connectivity index (χ0n) is 18.2. The maximum Gasteiger partial charge on any atom is 0.193 e. The summed E-state index contributed by atoms with van der Waals surface area (Å²) in [5.74, 6) is -0.331. The molecular weight excluding hydrogens is 426 g/mol. The Hall–Kier alpha value is -3.33. The molecular formula is C24H24F2N6O. The van der Waals surface area contributed by atoms with Crippen LogP contribution in [0.25, 0.3) is 33.2 Å². The number of nitrogens with zero attached hydrogens (tertiary/aromatic N) is 5. The number of hydrogen-bond acceptors (Lipinski definition) is 6. The highest BCUT2D eigenvalue weighted by Crippen LogP contribution is 2.36. The molecule has 2 aliphatic rings. The normalized spacial score (nSPS) is 22.9. The van der Waals surface area contributed by atoms with Crippen LogP contribution in [0.2, 0.25) is 0 Å². The third-order valence-electron chi connectivity index (χ3n) is 6.70. The Balaban J connectivity index is 1.26. The lowest BCUT2D eigenvalue weighted by Gasteiger charge is -2.33. The zero-order chi connectivity index (χ0) is 22.7. The van der Waals surface area contributed by atoms with E-state index in [1.807, 2.05) is 18.2 Å². The highest BCUT2D eigenvalue weighted by Gasteiger charge is 2.33. The molecule has 4 aromatic rings. The van der Waals surface area contributed by atoms with E-state index in [0.29, 0.717) is 47.1 Å². The number of alkyl halides is 1. The summed E-state index contributed by atoms with van der Waals surface area (Å²) in [5, 5.41) is 18.6. The fraction of sp³-hybridized carbons (Fsp3) is 0.375. The lowest BCUT2D eigenvalue weighted by Crippen LogP contribution is -2.48. The molecule has 1 saturated heterocycles. The molecule has 2 fully saturated rings. The van der Waals surface area contributed by atoms with Crippen molar-refractivity contribution in [2.24, 2.45) is 7.05 Å². The smallest absolute Gasteiger partial charge is 0.193 e. The quantitative estimate of drug-likeness (QED) is 0.494. The summed E-state index contributed by atoms with van der Waals surface area (Å²) in [7, 11) is 1.71. The highest BCUT2D eigenvalue weighted by molar-refractivity contribution is 5.89. The highest BCUT2D eigenvalue weighted by atomic mass is 19.1. The summed E-state index contributed by atoms with van der Waals surface area (Å²) in [6.45, 7) is 1.74. The van der Waals surface area contributed by atoms with Gasteiger partial charge >= 0.3 is 0 Å². The Kier molecular flexibility index (Phi) is 4.69. The minimum atomic E-state index is -0.750. The van der Waals surface area contributed by atoms with Gasteiger partial charge in [-0.05, 0) is 49.6 Å². The molecule has 1 saturated carbocycles. The second kappa shape index (κ2) is 7.62. The molecule has 1 aliphatic carbocycles. The van der Waals surface area contributed by atoms with E-state index in [0.717, 1.165) is 30.8 Å². The molecule has 9 heteroatoms. The van der Waals surface area contributed by atoms with E-state index in [-0.39, 0.29) is 5.52 Å². The van der Waals surface area contributed by atoms with Crippen molar-refractivity contribution in [3.05, 3.63) is 42.3 Å². The summed E-state index contributed by atoms with van der Waals surface area (Å²) in [6, 6.07) is 9.76. The van der Waals surface area contributed by atoms with E-state index in [1.54, 1.807) is 25.4 Å². The lowest BCUT2D eigenvalue weighted by atomic mass is 9.90. The molecule has 4 heterocycles. The molecule has 0 unspecified atom stereocenters. The van der Waals surface area contributed by atoms with Gasteiger partial charge in [-0.3, -0.25) is 4.68 Å². The molecule has 33 heavy (non-hydrogen) atoms. The Labute approximate surface area is 189 Å². The van der Waals surface area contributed by atoms with Gasteiger partial charge in [0, 0.05) is 49.4 Å². The number of hydrogen-bond donors (Lipinski definition) is 2. The average molecular weight is 450 g/mol. The molecule has 7 nitrogen and oxygen atoms in total. The molecule has 0 bridgehead atoms. The monoisotopic (exact) mass is 450 g/mol. The van der Waals surface area contributed by atoms with Crippen LogP contribution in [-0.4, -0.2) is 56.2 Å². The maximum absolute atomic E-state index is 14.7. The van der Waals surface area contributed by atoms with Gasteiger partial charge in [-0.1, -0.05) is 0 Å². The van der Waals surface area contributed by atoms with Crippen LogP contribution in [-0.2, 0) is 7.05 Å². The summed E-state index contributed by atoms with van der Waals surface area (Å²) >= 11 is 0. The number of benzene rings is 1. The molecule has 0 amide bonds. The van der Waals surface area contributed by atoms with E-state index >= 15 is 0 Å². The van der Waals surface area contributed by atoms with Crippen molar-refractivity contribution in [1.82, 2.24) is 25.1 Å². The Morgan fingerprint density at radius 1 is 1.09 bits per heavy atom. The number of phenols is 1. The number of aromatic nitrogens is 4. The van der Waals surface area contributed by atoms with Gasteiger partial charge < -0.3 is 15.3 Å². The van der Waals surface area contributed by atoms with Gasteiger partial charge in [0.25, 0.3) is 0 Å². The number of aromatic hydroxyl groups is 1. The van der Waals surface area contributed by atoms with Crippen LogP contribution >= 0.6 is 0 Å². The molecule has 3 aromatic heterocycles. The average Bonchev–Trinajstić information content (AvgIpc) is 3.41. The topological polar surface area (TPSA) is 79.1 Å². The van der Waals surface area contributed by atoms with Crippen molar-refractivity contribution in [2.45, 2.75) is 37.5 Å². The van der Waals surface area contributed by atoms with Crippen molar-refractivity contribution in [1.29, 1.82) is 0 Å². The molecule has 170 valence electrons. The van der Waals surface area contributed by atoms with Gasteiger partial charge in [-0.2, -0.15) is 5.10 Å². The Morgan fingerprint density at radius 3 is 2.70 bits per heavy atom. The van der Waals surface area contributed by atoms with Crippen LogP contribution in [0, 0.1) is 5.82 Å². The number of pyridine rings is 2. The van der Waals surface area contributed by atoms with Crippen LogP contribution in [0.4, 0.5) is 14.6 Å². The zero-order valence-corrected chi connectivity index (χ0v) is 18.2. The maximum atomic E-state index is 14.7. The standard InChI is InChI=1S/C24H24F2N6O/c1-31-11-13-8-17(24(33)22(26)23(13)30-31)18-2-3-20-19(28-18)4-5-21(29-20)32-7-6-15(12-32)27-16-9-14(25)10-16/h2-5,8,11,14-16,27,33H,6-7,9-10,12H2,1H3/t14-,15-,16+/m1/s1. The van der Waals surface area contributed by atoms with Gasteiger partial charge in [0.15, 0.2) is 11.6 Å². The summed E-state index contributed by atoms with van der Waals surface area (Å²) < 4.78 is 29.2. The van der Waals surface area contributed by atoms with Crippen molar-refractivity contribution in [2.75, 3.05) is 18.0 Å². The van der Waals surface area contributed by atoms with Crippen LogP contribution in [0.5, 0.6) is 5.75 Å². The first-order valence-electron chi connectivity index (χ1n) is 11.2. The minimum Gasteiger partial charge on any atom is -0.504 e. The number of aryl methyl sites for hydroxylation is 1.